The highest BCUT2D eigenvalue weighted by Gasteiger charge is 2.40. The van der Waals surface area contributed by atoms with Gasteiger partial charge in [-0.3, -0.25) is 15.7 Å². The molecule has 13 heteroatoms. The van der Waals surface area contributed by atoms with Crippen molar-refractivity contribution in [3.8, 4) is 0 Å². The molecule has 10 nitrogen and oxygen atoms in total. The number of rotatable bonds is 5. The number of likely N-dealkylation sites (tertiary alicyclic amines) is 1. The third-order valence-corrected chi connectivity index (χ3v) is 5.56. The van der Waals surface area contributed by atoms with E-state index in [1.807, 2.05) is 0 Å². The molecule has 0 unspecified atom stereocenters. The summed E-state index contributed by atoms with van der Waals surface area (Å²) in [7, 11) is 0. The zero-order chi connectivity index (χ0) is 25.4. The first kappa shape index (κ1) is 24.3. The SMILES string of the molecule is CC(C)(O)[C@@H](NC(=O)Nc1cc2[nH]nc(NC(=O)N3CCC(F)(F)C3)c2cn1)c1ccc(F)cc1. The van der Waals surface area contributed by atoms with Crippen LogP contribution in [0.25, 0.3) is 10.9 Å². The van der Waals surface area contributed by atoms with Gasteiger partial charge in [-0.1, -0.05) is 12.1 Å². The predicted molar refractivity (Wildman–Crippen MR) is 122 cm³/mol. The first-order valence-corrected chi connectivity index (χ1v) is 10.7. The molecule has 35 heavy (non-hydrogen) atoms. The second-order valence-electron chi connectivity index (χ2n) is 8.88. The minimum Gasteiger partial charge on any atom is -0.388 e. The number of alkyl halides is 2. The van der Waals surface area contributed by atoms with E-state index in [0.29, 0.717) is 16.5 Å². The molecule has 4 rings (SSSR count). The van der Waals surface area contributed by atoms with Crippen molar-refractivity contribution in [2.24, 2.45) is 0 Å². The fourth-order valence-electron chi connectivity index (χ4n) is 3.77. The number of H-pyrrole nitrogens is 1. The van der Waals surface area contributed by atoms with Crippen molar-refractivity contribution in [2.45, 2.75) is 37.8 Å². The molecule has 0 radical (unpaired) electrons. The molecule has 2 aromatic heterocycles. The van der Waals surface area contributed by atoms with Gasteiger partial charge in [-0.25, -0.2) is 27.7 Å². The van der Waals surface area contributed by atoms with Crippen LogP contribution in [-0.4, -0.2) is 61.9 Å². The van der Waals surface area contributed by atoms with Gasteiger partial charge in [-0.2, -0.15) is 5.10 Å². The molecule has 5 N–H and O–H groups in total. The summed E-state index contributed by atoms with van der Waals surface area (Å²) >= 11 is 0. The molecular weight excluding hydrogens is 467 g/mol. The normalized spacial score (nSPS) is 16.2. The molecule has 0 saturated carbocycles. The number of hydrogen-bond donors (Lipinski definition) is 5. The van der Waals surface area contributed by atoms with E-state index >= 15 is 0 Å². The summed E-state index contributed by atoms with van der Waals surface area (Å²) in [6.45, 7) is 2.29. The standard InChI is InChI=1S/C22H24F3N7O3/c1-21(2,35)17(12-3-5-13(23)6-4-12)28-19(33)27-16-9-15-14(10-26-16)18(31-30-15)29-20(34)32-8-7-22(24,25)11-32/h3-6,9-10,17,35H,7-8,11H2,1-2H3,(H2,26,27,28,33)(H2,29,30,31,34)/t17-/m0/s1. The van der Waals surface area contributed by atoms with Crippen molar-refractivity contribution >= 4 is 34.6 Å². The first-order chi connectivity index (χ1) is 16.4. The van der Waals surface area contributed by atoms with Crippen LogP contribution >= 0.6 is 0 Å². The minimum atomic E-state index is -2.91. The lowest BCUT2D eigenvalue weighted by Gasteiger charge is -2.30. The number of carbonyl (C=O) groups is 2. The van der Waals surface area contributed by atoms with E-state index in [0.717, 1.165) is 4.90 Å². The van der Waals surface area contributed by atoms with Crippen LogP contribution in [0.1, 0.15) is 31.9 Å². The Hall–Kier alpha value is -3.87. The van der Waals surface area contributed by atoms with Crippen molar-refractivity contribution in [1.82, 2.24) is 25.4 Å². The first-order valence-electron chi connectivity index (χ1n) is 10.7. The molecule has 3 heterocycles. The van der Waals surface area contributed by atoms with Gasteiger partial charge >= 0.3 is 12.1 Å². The smallest absolute Gasteiger partial charge is 0.323 e. The Morgan fingerprint density at radius 3 is 2.57 bits per heavy atom. The van der Waals surface area contributed by atoms with Crippen molar-refractivity contribution in [3.05, 3.63) is 47.9 Å². The average molecular weight is 491 g/mol. The van der Waals surface area contributed by atoms with Crippen LogP contribution in [0.15, 0.2) is 36.5 Å². The van der Waals surface area contributed by atoms with E-state index in [-0.39, 0.29) is 18.2 Å². The number of halogens is 3. The maximum absolute atomic E-state index is 13.4. The van der Waals surface area contributed by atoms with Crippen molar-refractivity contribution in [3.63, 3.8) is 0 Å². The number of amides is 4. The minimum absolute atomic E-state index is 0.0633. The Morgan fingerprint density at radius 2 is 1.94 bits per heavy atom. The molecule has 0 aliphatic carbocycles. The molecule has 0 spiro atoms. The molecule has 1 aliphatic heterocycles. The Balaban J connectivity index is 1.43. The number of carbonyl (C=O) groups excluding carboxylic acids is 2. The zero-order valence-corrected chi connectivity index (χ0v) is 18.9. The number of aliphatic hydroxyl groups is 1. The van der Waals surface area contributed by atoms with Gasteiger partial charge < -0.3 is 15.3 Å². The molecule has 186 valence electrons. The van der Waals surface area contributed by atoms with Crippen LogP contribution in [0.2, 0.25) is 0 Å². The maximum Gasteiger partial charge on any atom is 0.323 e. The summed E-state index contributed by atoms with van der Waals surface area (Å²) in [6, 6.07) is 4.64. The molecule has 3 aromatic rings. The fraction of sp³-hybridized carbons (Fsp3) is 0.364. The Kier molecular flexibility index (Phi) is 6.28. The fourth-order valence-corrected chi connectivity index (χ4v) is 3.77. The largest absolute Gasteiger partial charge is 0.388 e. The lowest BCUT2D eigenvalue weighted by atomic mass is 9.92. The van der Waals surface area contributed by atoms with E-state index in [2.05, 4.69) is 31.1 Å². The highest BCUT2D eigenvalue weighted by Crippen LogP contribution is 2.29. The van der Waals surface area contributed by atoms with Crippen LogP contribution in [-0.2, 0) is 0 Å². The highest BCUT2D eigenvalue weighted by molar-refractivity contribution is 6.00. The number of benzene rings is 1. The van der Waals surface area contributed by atoms with Crippen LogP contribution in [0.3, 0.4) is 0 Å². The van der Waals surface area contributed by atoms with Gasteiger partial charge in [0.1, 0.15) is 11.6 Å². The van der Waals surface area contributed by atoms with Crippen LogP contribution < -0.4 is 16.0 Å². The van der Waals surface area contributed by atoms with E-state index in [1.165, 1.54) is 50.4 Å². The Labute approximate surface area is 197 Å². The van der Waals surface area contributed by atoms with Gasteiger partial charge in [0.15, 0.2) is 5.82 Å². The number of urea groups is 2. The van der Waals surface area contributed by atoms with Gasteiger partial charge in [0.25, 0.3) is 5.92 Å². The lowest BCUT2D eigenvalue weighted by Crippen LogP contribution is -2.44. The van der Waals surface area contributed by atoms with Crippen LogP contribution in [0, 0.1) is 5.82 Å². The second kappa shape index (κ2) is 9.06. The van der Waals surface area contributed by atoms with E-state index in [9.17, 15) is 27.9 Å². The Bertz CT molecular complexity index is 1240. The Morgan fingerprint density at radius 1 is 1.23 bits per heavy atom. The lowest BCUT2D eigenvalue weighted by molar-refractivity contribution is 0.0159. The summed E-state index contributed by atoms with van der Waals surface area (Å²) in [5.41, 5.74) is -0.431. The third-order valence-electron chi connectivity index (χ3n) is 5.56. The van der Waals surface area contributed by atoms with Crippen molar-refractivity contribution < 1.29 is 27.9 Å². The summed E-state index contributed by atoms with van der Waals surface area (Å²) in [5, 5.41) is 25.3. The summed E-state index contributed by atoms with van der Waals surface area (Å²) in [5.74, 6) is -3.10. The van der Waals surface area contributed by atoms with Crippen LogP contribution in [0.4, 0.5) is 34.4 Å². The van der Waals surface area contributed by atoms with E-state index < -0.39 is 48.4 Å². The van der Waals surface area contributed by atoms with Crippen molar-refractivity contribution in [2.75, 3.05) is 23.7 Å². The van der Waals surface area contributed by atoms with Gasteiger partial charge in [-0.15, -0.1) is 0 Å². The molecule has 1 aromatic carbocycles. The number of aromatic amines is 1. The number of anilines is 2. The number of nitrogens with one attached hydrogen (secondary N) is 4. The highest BCUT2D eigenvalue weighted by atomic mass is 19.3. The number of pyridine rings is 1. The summed E-state index contributed by atoms with van der Waals surface area (Å²) in [4.78, 5) is 30.0. The predicted octanol–water partition coefficient (Wildman–Crippen LogP) is 3.60. The summed E-state index contributed by atoms with van der Waals surface area (Å²) < 4.78 is 40.0. The number of nitrogens with zero attached hydrogens (tertiary/aromatic N) is 3. The number of aromatic nitrogens is 3. The van der Waals surface area contributed by atoms with E-state index in [1.54, 1.807) is 0 Å². The molecule has 1 saturated heterocycles. The summed E-state index contributed by atoms with van der Waals surface area (Å²) in [6.07, 6.45) is 0.964. The topological polar surface area (TPSA) is 135 Å². The molecule has 1 atom stereocenters. The number of hydrogen-bond acceptors (Lipinski definition) is 5. The third kappa shape index (κ3) is 5.62. The molecule has 1 aliphatic rings. The average Bonchev–Trinajstić information content (AvgIpc) is 3.34. The molecule has 1 fully saturated rings. The van der Waals surface area contributed by atoms with Gasteiger partial charge in [0.2, 0.25) is 0 Å². The quantitative estimate of drug-likeness (QED) is 0.372. The number of fused-ring (bicyclic) bond motifs is 1. The second-order valence-corrected chi connectivity index (χ2v) is 8.88. The van der Waals surface area contributed by atoms with Gasteiger partial charge in [0, 0.05) is 25.2 Å². The monoisotopic (exact) mass is 491 g/mol. The van der Waals surface area contributed by atoms with Crippen LogP contribution in [0.5, 0.6) is 0 Å². The molecular formula is C22H24F3N7O3. The van der Waals surface area contributed by atoms with E-state index in [4.69, 9.17) is 0 Å². The van der Waals surface area contributed by atoms with Crippen molar-refractivity contribution in [1.29, 1.82) is 0 Å². The molecule has 0 bridgehead atoms. The molecule has 4 amide bonds. The maximum atomic E-state index is 13.4. The van der Waals surface area contributed by atoms with Gasteiger partial charge in [-0.05, 0) is 31.5 Å². The zero-order valence-electron chi connectivity index (χ0n) is 18.9. The van der Waals surface area contributed by atoms with Gasteiger partial charge in [0.05, 0.1) is 29.1 Å².